The number of esters is 1. The number of nitrogens with zero attached hydrogens (tertiary/aromatic N) is 1. The molecule has 0 unspecified atom stereocenters. The molecule has 1 aliphatic rings. The Morgan fingerprint density at radius 1 is 1.28 bits per heavy atom. The van der Waals surface area contributed by atoms with E-state index in [1.807, 2.05) is 6.07 Å². The Bertz CT molecular complexity index is 935. The van der Waals surface area contributed by atoms with E-state index in [1.54, 1.807) is 40.2 Å². The number of ether oxygens (including phenoxy) is 3. The highest BCUT2D eigenvalue weighted by molar-refractivity contribution is 6.00. The van der Waals surface area contributed by atoms with Gasteiger partial charge in [-0.2, -0.15) is 0 Å². The van der Waals surface area contributed by atoms with Gasteiger partial charge in [-0.15, -0.1) is 0 Å². The van der Waals surface area contributed by atoms with Crippen molar-refractivity contribution in [3.63, 3.8) is 0 Å². The van der Waals surface area contributed by atoms with E-state index in [1.165, 1.54) is 0 Å². The van der Waals surface area contributed by atoms with Crippen molar-refractivity contribution in [2.75, 3.05) is 20.8 Å². The average Bonchev–Trinajstić information content (AvgIpc) is 2.65. The van der Waals surface area contributed by atoms with Crippen molar-refractivity contribution in [2.24, 2.45) is 5.41 Å². The fourth-order valence-corrected chi connectivity index (χ4v) is 4.17. The molecule has 6 heteroatoms. The highest BCUT2D eigenvalue weighted by Crippen LogP contribution is 2.48. The molecular weight excluding hydrogens is 370 g/mol. The molecule has 0 saturated heterocycles. The number of aliphatic hydroxyl groups excluding tert-OH is 1. The lowest BCUT2D eigenvalue weighted by molar-refractivity contribution is 0.0524. The van der Waals surface area contributed by atoms with E-state index in [9.17, 15) is 9.90 Å². The molecule has 1 N–H and O–H groups in total. The number of hydrogen-bond donors (Lipinski definition) is 1. The van der Waals surface area contributed by atoms with Crippen molar-refractivity contribution in [1.82, 2.24) is 4.98 Å². The third-order valence-electron chi connectivity index (χ3n) is 5.38. The Hall–Kier alpha value is -2.60. The topological polar surface area (TPSA) is 77.9 Å². The number of aryl methyl sites for hydroxylation is 1. The molecule has 0 bridgehead atoms. The number of hydrogen-bond acceptors (Lipinski definition) is 6. The molecule has 0 spiro atoms. The van der Waals surface area contributed by atoms with Gasteiger partial charge in [0.15, 0.2) is 0 Å². The van der Waals surface area contributed by atoms with Crippen LogP contribution in [0.4, 0.5) is 0 Å². The van der Waals surface area contributed by atoms with Gasteiger partial charge in [0.1, 0.15) is 11.5 Å². The van der Waals surface area contributed by atoms with Gasteiger partial charge in [0.25, 0.3) is 0 Å². The van der Waals surface area contributed by atoms with Crippen LogP contribution in [0, 0.1) is 12.3 Å². The second-order valence-electron chi connectivity index (χ2n) is 8.16. The molecule has 2 aromatic rings. The Morgan fingerprint density at radius 3 is 2.62 bits per heavy atom. The maximum Gasteiger partial charge on any atom is 0.340 e. The quantitative estimate of drug-likeness (QED) is 0.757. The van der Waals surface area contributed by atoms with Gasteiger partial charge in [0, 0.05) is 22.4 Å². The van der Waals surface area contributed by atoms with E-state index < -0.39 is 12.1 Å². The van der Waals surface area contributed by atoms with Crippen molar-refractivity contribution >= 4 is 5.97 Å². The molecule has 29 heavy (non-hydrogen) atoms. The maximum atomic E-state index is 12.9. The average molecular weight is 399 g/mol. The molecule has 156 valence electrons. The Morgan fingerprint density at radius 2 is 2.00 bits per heavy atom. The first kappa shape index (κ1) is 21.1. The van der Waals surface area contributed by atoms with Crippen LogP contribution in [0.25, 0.3) is 11.1 Å². The van der Waals surface area contributed by atoms with Gasteiger partial charge in [-0.05, 0) is 50.3 Å². The summed E-state index contributed by atoms with van der Waals surface area (Å²) in [4.78, 5) is 17.6. The van der Waals surface area contributed by atoms with E-state index >= 15 is 0 Å². The van der Waals surface area contributed by atoms with Crippen molar-refractivity contribution < 1.29 is 24.1 Å². The predicted octanol–water partition coefficient (Wildman–Crippen LogP) is 4.26. The fraction of sp³-hybridized carbons (Fsp3) is 0.478. The number of fused-ring (bicyclic) bond motifs is 1. The number of rotatable bonds is 5. The lowest BCUT2D eigenvalue weighted by Crippen LogP contribution is -2.28. The highest BCUT2D eigenvalue weighted by Gasteiger charge is 2.37. The number of aromatic nitrogens is 1. The minimum Gasteiger partial charge on any atom is -0.497 e. The van der Waals surface area contributed by atoms with Crippen LogP contribution >= 0.6 is 0 Å². The summed E-state index contributed by atoms with van der Waals surface area (Å²) in [5, 5.41) is 11.1. The molecule has 0 amide bonds. The summed E-state index contributed by atoms with van der Waals surface area (Å²) in [6.45, 7) is 8.04. The Kier molecular flexibility index (Phi) is 5.85. The molecule has 0 aliphatic heterocycles. The Balaban J connectivity index is 2.40. The van der Waals surface area contributed by atoms with Gasteiger partial charge in [-0.1, -0.05) is 13.8 Å². The van der Waals surface area contributed by atoms with Crippen LogP contribution in [-0.4, -0.2) is 36.9 Å². The molecule has 1 aromatic heterocycles. The number of aliphatic hydroxyl groups is 1. The van der Waals surface area contributed by atoms with Crippen molar-refractivity contribution in [2.45, 2.75) is 46.6 Å². The van der Waals surface area contributed by atoms with E-state index in [4.69, 9.17) is 19.2 Å². The van der Waals surface area contributed by atoms with Crippen molar-refractivity contribution in [3.05, 3.63) is 40.7 Å². The SMILES string of the molecule is CCOC(=O)c1c(C)nc2c(c1-c1cc(OC)ccc1OC)[C@@H](O)CC(C)(C)C2. The summed E-state index contributed by atoms with van der Waals surface area (Å²) in [6, 6.07) is 5.42. The predicted molar refractivity (Wildman–Crippen MR) is 111 cm³/mol. The molecular formula is C23H29NO5. The summed E-state index contributed by atoms with van der Waals surface area (Å²) >= 11 is 0. The smallest absolute Gasteiger partial charge is 0.340 e. The summed E-state index contributed by atoms with van der Waals surface area (Å²) < 4.78 is 16.3. The Labute approximate surface area is 171 Å². The summed E-state index contributed by atoms with van der Waals surface area (Å²) in [5.41, 5.74) is 3.61. The van der Waals surface area contributed by atoms with Crippen LogP contribution in [0.1, 0.15) is 60.6 Å². The number of methoxy groups -OCH3 is 2. The van der Waals surface area contributed by atoms with Crippen LogP contribution in [0.5, 0.6) is 11.5 Å². The number of pyridine rings is 1. The number of carbonyl (C=O) groups is 1. The third-order valence-corrected chi connectivity index (χ3v) is 5.38. The lowest BCUT2D eigenvalue weighted by atomic mass is 9.72. The molecule has 3 rings (SSSR count). The van der Waals surface area contributed by atoms with Crippen molar-refractivity contribution in [1.29, 1.82) is 0 Å². The second kappa shape index (κ2) is 8.03. The van der Waals surface area contributed by atoms with Gasteiger partial charge in [0.2, 0.25) is 0 Å². The van der Waals surface area contributed by atoms with Gasteiger partial charge in [-0.25, -0.2) is 4.79 Å². The van der Waals surface area contributed by atoms with E-state index in [0.717, 1.165) is 5.69 Å². The number of carbonyl (C=O) groups excluding carboxylic acids is 1. The van der Waals surface area contributed by atoms with Crippen LogP contribution in [0.3, 0.4) is 0 Å². The zero-order valence-corrected chi connectivity index (χ0v) is 18.0. The first-order chi connectivity index (χ1) is 13.7. The minimum atomic E-state index is -0.749. The largest absolute Gasteiger partial charge is 0.497 e. The molecule has 6 nitrogen and oxygen atoms in total. The van der Waals surface area contributed by atoms with Crippen LogP contribution in [-0.2, 0) is 11.2 Å². The zero-order valence-electron chi connectivity index (χ0n) is 18.0. The first-order valence-electron chi connectivity index (χ1n) is 9.83. The highest BCUT2D eigenvalue weighted by atomic mass is 16.5. The second-order valence-corrected chi connectivity index (χ2v) is 8.16. The molecule has 0 fully saturated rings. The van der Waals surface area contributed by atoms with Gasteiger partial charge in [0.05, 0.1) is 38.2 Å². The van der Waals surface area contributed by atoms with Crippen LogP contribution in [0.15, 0.2) is 18.2 Å². The summed E-state index contributed by atoms with van der Waals surface area (Å²) in [5.74, 6) is 0.753. The van der Waals surface area contributed by atoms with Gasteiger partial charge in [-0.3, -0.25) is 4.98 Å². The maximum absolute atomic E-state index is 12.9. The monoisotopic (exact) mass is 399 g/mol. The standard InChI is InChI=1S/C23H29NO5/c1-7-29-22(26)19-13(2)24-16-11-23(3,4)12-17(25)21(16)20(19)15-10-14(27-5)8-9-18(15)28-6/h8-10,17,25H,7,11-12H2,1-6H3/t17-/m0/s1. The first-order valence-corrected chi connectivity index (χ1v) is 9.83. The van der Waals surface area contributed by atoms with Crippen molar-refractivity contribution in [3.8, 4) is 22.6 Å². The summed E-state index contributed by atoms with van der Waals surface area (Å²) in [7, 11) is 3.16. The normalized spacial score (nSPS) is 17.4. The molecule has 0 radical (unpaired) electrons. The molecule has 1 heterocycles. The molecule has 0 saturated carbocycles. The zero-order chi connectivity index (χ0) is 21.3. The van der Waals surface area contributed by atoms with E-state index in [0.29, 0.717) is 52.3 Å². The number of benzene rings is 1. The van der Waals surface area contributed by atoms with E-state index in [2.05, 4.69) is 13.8 Å². The van der Waals surface area contributed by atoms with Crippen LogP contribution in [0.2, 0.25) is 0 Å². The fourth-order valence-electron chi connectivity index (χ4n) is 4.17. The lowest BCUT2D eigenvalue weighted by Gasteiger charge is -2.36. The van der Waals surface area contributed by atoms with Gasteiger partial charge >= 0.3 is 5.97 Å². The van der Waals surface area contributed by atoms with E-state index in [-0.39, 0.29) is 12.0 Å². The molecule has 1 atom stereocenters. The molecule has 1 aromatic carbocycles. The third kappa shape index (κ3) is 3.94. The molecule has 1 aliphatic carbocycles. The summed E-state index contributed by atoms with van der Waals surface area (Å²) in [6.07, 6.45) is 0.537. The van der Waals surface area contributed by atoms with Gasteiger partial charge < -0.3 is 19.3 Å². The van der Waals surface area contributed by atoms with Crippen LogP contribution < -0.4 is 9.47 Å². The minimum absolute atomic E-state index is 0.0902.